The van der Waals surface area contributed by atoms with E-state index in [4.69, 9.17) is 4.74 Å². The van der Waals surface area contributed by atoms with Crippen LogP contribution in [0.2, 0.25) is 0 Å². The molecule has 3 aromatic rings. The van der Waals surface area contributed by atoms with Crippen LogP contribution in [0.15, 0.2) is 60.8 Å². The van der Waals surface area contributed by atoms with E-state index in [1.54, 1.807) is 24.3 Å². The van der Waals surface area contributed by atoms with Crippen molar-refractivity contribution in [2.75, 3.05) is 18.5 Å². The molecule has 2 aromatic carbocycles. The zero-order chi connectivity index (χ0) is 19.1. The lowest BCUT2D eigenvalue weighted by atomic mass is 10.2. The zero-order valence-corrected chi connectivity index (χ0v) is 15.3. The zero-order valence-electron chi connectivity index (χ0n) is 15.3. The van der Waals surface area contributed by atoms with Gasteiger partial charge in [0, 0.05) is 36.9 Å². The van der Waals surface area contributed by atoms with Gasteiger partial charge in [-0.1, -0.05) is 18.2 Å². The maximum absolute atomic E-state index is 12.2. The molecule has 27 heavy (non-hydrogen) atoms. The number of hydrogen-bond acceptors (Lipinski definition) is 3. The molecule has 0 spiro atoms. The lowest BCUT2D eigenvalue weighted by molar-refractivity contribution is -0.123. The molecule has 0 aliphatic heterocycles. The lowest BCUT2D eigenvalue weighted by Crippen LogP contribution is -2.28. The first-order valence-electron chi connectivity index (χ1n) is 8.99. The van der Waals surface area contributed by atoms with Crippen molar-refractivity contribution in [2.24, 2.45) is 0 Å². The van der Waals surface area contributed by atoms with Gasteiger partial charge in [0.05, 0.1) is 0 Å². The van der Waals surface area contributed by atoms with Crippen LogP contribution in [0.4, 0.5) is 5.69 Å². The fraction of sp³-hybridized carbons (Fsp3) is 0.238. The Balaban J connectivity index is 1.48. The van der Waals surface area contributed by atoms with E-state index in [0.29, 0.717) is 30.9 Å². The number of anilines is 1. The highest BCUT2D eigenvalue weighted by Gasteiger charge is 2.06. The number of fused-ring (bicyclic) bond motifs is 1. The standard InChI is InChI=1S/C21H23N3O3/c1-2-22-21(26)15-27-18-9-7-17(8-10-18)23-20(25)12-14-24-13-11-16-5-3-4-6-19(16)24/h3-11,13H,2,12,14-15H2,1H3,(H,22,26)(H,23,25). The molecule has 6 heteroatoms. The fourth-order valence-corrected chi connectivity index (χ4v) is 2.81. The Bertz CT molecular complexity index is 916. The molecular weight excluding hydrogens is 342 g/mol. The summed E-state index contributed by atoms with van der Waals surface area (Å²) >= 11 is 0. The predicted octanol–water partition coefficient (Wildman–Crippen LogP) is 3.19. The van der Waals surface area contributed by atoms with E-state index in [1.165, 1.54) is 5.39 Å². The number of para-hydroxylation sites is 1. The number of aromatic nitrogens is 1. The molecule has 0 aliphatic rings. The van der Waals surface area contributed by atoms with Gasteiger partial charge in [0.1, 0.15) is 5.75 Å². The van der Waals surface area contributed by atoms with E-state index in [-0.39, 0.29) is 18.4 Å². The predicted molar refractivity (Wildman–Crippen MR) is 106 cm³/mol. The minimum absolute atomic E-state index is 0.0234. The largest absolute Gasteiger partial charge is 0.484 e. The second-order valence-electron chi connectivity index (χ2n) is 6.13. The van der Waals surface area contributed by atoms with Gasteiger partial charge in [-0.3, -0.25) is 9.59 Å². The molecule has 0 saturated carbocycles. The van der Waals surface area contributed by atoms with E-state index in [0.717, 1.165) is 5.52 Å². The summed E-state index contributed by atoms with van der Waals surface area (Å²) in [6.45, 7) is 3.03. The van der Waals surface area contributed by atoms with Crippen LogP contribution in [0.3, 0.4) is 0 Å². The molecule has 1 heterocycles. The third kappa shape index (κ3) is 5.10. The van der Waals surface area contributed by atoms with Gasteiger partial charge in [-0.15, -0.1) is 0 Å². The normalized spacial score (nSPS) is 10.6. The number of ether oxygens (including phenoxy) is 1. The lowest BCUT2D eigenvalue weighted by Gasteiger charge is -2.09. The summed E-state index contributed by atoms with van der Waals surface area (Å²) in [5.41, 5.74) is 1.82. The maximum Gasteiger partial charge on any atom is 0.257 e. The monoisotopic (exact) mass is 365 g/mol. The Morgan fingerprint density at radius 2 is 1.78 bits per heavy atom. The van der Waals surface area contributed by atoms with Gasteiger partial charge in [-0.2, -0.15) is 0 Å². The van der Waals surface area contributed by atoms with E-state index in [1.807, 2.05) is 37.4 Å². The van der Waals surface area contributed by atoms with Crippen LogP contribution >= 0.6 is 0 Å². The topological polar surface area (TPSA) is 72.4 Å². The quantitative estimate of drug-likeness (QED) is 0.644. The van der Waals surface area contributed by atoms with Crippen LogP contribution in [-0.4, -0.2) is 29.5 Å². The van der Waals surface area contributed by atoms with Gasteiger partial charge in [0.15, 0.2) is 6.61 Å². The SMILES string of the molecule is CCNC(=O)COc1ccc(NC(=O)CCn2ccc3ccccc32)cc1. The highest BCUT2D eigenvalue weighted by molar-refractivity contribution is 5.91. The molecule has 2 amide bonds. The molecule has 0 aliphatic carbocycles. The van der Waals surface area contributed by atoms with Crippen molar-refractivity contribution in [3.8, 4) is 5.75 Å². The summed E-state index contributed by atoms with van der Waals surface area (Å²) in [6, 6.07) is 17.1. The second-order valence-corrected chi connectivity index (χ2v) is 6.13. The minimum Gasteiger partial charge on any atom is -0.484 e. The number of nitrogens with one attached hydrogen (secondary N) is 2. The number of hydrogen-bond donors (Lipinski definition) is 2. The molecule has 0 bridgehead atoms. The number of likely N-dealkylation sites (N-methyl/N-ethyl adjacent to an activating group) is 1. The molecule has 0 atom stereocenters. The van der Waals surface area contributed by atoms with Gasteiger partial charge in [-0.25, -0.2) is 0 Å². The minimum atomic E-state index is -0.160. The van der Waals surface area contributed by atoms with E-state index in [9.17, 15) is 9.59 Å². The molecule has 0 fully saturated rings. The highest BCUT2D eigenvalue weighted by atomic mass is 16.5. The van der Waals surface area contributed by atoms with E-state index < -0.39 is 0 Å². The Kier molecular flexibility index (Phi) is 6.10. The molecule has 140 valence electrons. The molecular formula is C21H23N3O3. The Labute approximate surface area is 158 Å². The van der Waals surface area contributed by atoms with Crippen molar-refractivity contribution in [3.05, 3.63) is 60.8 Å². The number of carbonyl (C=O) groups excluding carboxylic acids is 2. The second kappa shape index (κ2) is 8.89. The molecule has 2 N–H and O–H groups in total. The summed E-state index contributed by atoms with van der Waals surface area (Å²) in [4.78, 5) is 23.6. The van der Waals surface area contributed by atoms with Gasteiger partial charge >= 0.3 is 0 Å². The third-order valence-electron chi connectivity index (χ3n) is 4.14. The first-order chi connectivity index (χ1) is 13.2. The number of benzene rings is 2. The number of rotatable bonds is 8. The molecule has 1 aromatic heterocycles. The third-order valence-corrected chi connectivity index (χ3v) is 4.14. The van der Waals surface area contributed by atoms with Gasteiger partial charge in [0.2, 0.25) is 5.91 Å². The molecule has 0 saturated heterocycles. The van der Waals surface area contributed by atoms with Crippen molar-refractivity contribution in [2.45, 2.75) is 19.9 Å². The van der Waals surface area contributed by atoms with Crippen molar-refractivity contribution in [3.63, 3.8) is 0 Å². The fourth-order valence-electron chi connectivity index (χ4n) is 2.81. The summed E-state index contributed by atoms with van der Waals surface area (Å²) in [6.07, 6.45) is 2.38. The summed E-state index contributed by atoms with van der Waals surface area (Å²) in [5.74, 6) is 0.370. The number of amides is 2. The molecule has 6 nitrogen and oxygen atoms in total. The average Bonchev–Trinajstić information content (AvgIpc) is 3.09. The smallest absolute Gasteiger partial charge is 0.257 e. The number of aryl methyl sites for hydroxylation is 1. The average molecular weight is 365 g/mol. The first kappa shape index (κ1) is 18.5. The van der Waals surface area contributed by atoms with Crippen molar-refractivity contribution < 1.29 is 14.3 Å². The van der Waals surface area contributed by atoms with Crippen LogP contribution in [-0.2, 0) is 16.1 Å². The van der Waals surface area contributed by atoms with Crippen LogP contribution in [0.5, 0.6) is 5.75 Å². The molecule has 0 radical (unpaired) electrons. The summed E-state index contributed by atoms with van der Waals surface area (Å²) < 4.78 is 7.47. The Hall–Kier alpha value is -3.28. The van der Waals surface area contributed by atoms with Crippen molar-refractivity contribution in [1.29, 1.82) is 0 Å². The van der Waals surface area contributed by atoms with Crippen LogP contribution in [0.25, 0.3) is 10.9 Å². The van der Waals surface area contributed by atoms with Crippen molar-refractivity contribution in [1.82, 2.24) is 9.88 Å². The summed E-state index contributed by atoms with van der Waals surface area (Å²) in [5, 5.41) is 6.71. The Morgan fingerprint density at radius 1 is 1.00 bits per heavy atom. The van der Waals surface area contributed by atoms with Crippen LogP contribution < -0.4 is 15.4 Å². The van der Waals surface area contributed by atoms with Crippen molar-refractivity contribution >= 4 is 28.4 Å². The van der Waals surface area contributed by atoms with E-state index >= 15 is 0 Å². The molecule has 0 unspecified atom stereocenters. The number of nitrogens with zero attached hydrogens (tertiary/aromatic N) is 1. The van der Waals surface area contributed by atoms with Gasteiger partial charge in [-0.05, 0) is 48.7 Å². The van der Waals surface area contributed by atoms with Gasteiger partial charge < -0.3 is 19.9 Å². The first-order valence-corrected chi connectivity index (χ1v) is 8.99. The van der Waals surface area contributed by atoms with Crippen LogP contribution in [0, 0.1) is 0 Å². The number of carbonyl (C=O) groups is 2. The van der Waals surface area contributed by atoms with E-state index in [2.05, 4.69) is 21.3 Å². The molecule has 3 rings (SSSR count). The van der Waals surface area contributed by atoms with Crippen LogP contribution in [0.1, 0.15) is 13.3 Å². The Morgan fingerprint density at radius 3 is 2.56 bits per heavy atom. The summed E-state index contributed by atoms with van der Waals surface area (Å²) in [7, 11) is 0. The maximum atomic E-state index is 12.2. The highest BCUT2D eigenvalue weighted by Crippen LogP contribution is 2.17. The van der Waals surface area contributed by atoms with Gasteiger partial charge in [0.25, 0.3) is 5.91 Å².